The molecule has 0 aromatic heterocycles. The van der Waals surface area contributed by atoms with Crippen molar-refractivity contribution < 1.29 is 23.9 Å². The summed E-state index contributed by atoms with van der Waals surface area (Å²) in [5, 5.41) is 2.54. The van der Waals surface area contributed by atoms with Crippen molar-refractivity contribution in [3.8, 4) is 11.5 Å². The van der Waals surface area contributed by atoms with Crippen molar-refractivity contribution in [1.29, 1.82) is 0 Å². The van der Waals surface area contributed by atoms with Gasteiger partial charge in [-0.1, -0.05) is 6.07 Å². The van der Waals surface area contributed by atoms with Crippen LogP contribution in [0.25, 0.3) is 0 Å². The van der Waals surface area contributed by atoms with Gasteiger partial charge in [-0.3, -0.25) is 9.59 Å². The lowest BCUT2D eigenvalue weighted by Crippen LogP contribution is -2.24. The fraction of sp³-hybridized carbons (Fsp3) is 0.211. The van der Waals surface area contributed by atoms with Gasteiger partial charge in [0, 0.05) is 23.7 Å². The highest BCUT2D eigenvalue weighted by atomic mass is 16.6. The van der Waals surface area contributed by atoms with Crippen LogP contribution in [-0.2, 0) is 11.3 Å². The zero-order valence-electron chi connectivity index (χ0n) is 14.7. The summed E-state index contributed by atoms with van der Waals surface area (Å²) < 4.78 is 10.8. The Morgan fingerprint density at radius 3 is 2.48 bits per heavy atom. The quantitative estimate of drug-likeness (QED) is 0.808. The summed E-state index contributed by atoms with van der Waals surface area (Å²) in [6.07, 6.45) is -0.394. The average molecular weight is 369 g/mol. The molecule has 8 heteroatoms. The Morgan fingerprint density at radius 1 is 1.19 bits per heavy atom. The molecule has 0 atom stereocenters. The van der Waals surface area contributed by atoms with Crippen LogP contribution in [0.2, 0.25) is 0 Å². The number of nitrogens with one attached hydrogen (secondary N) is 1. The van der Waals surface area contributed by atoms with E-state index < -0.39 is 12.0 Å². The molecule has 1 heterocycles. The number of rotatable bonds is 6. The van der Waals surface area contributed by atoms with E-state index in [-0.39, 0.29) is 12.5 Å². The maximum absolute atomic E-state index is 11.7. The molecule has 140 valence electrons. The van der Waals surface area contributed by atoms with Gasteiger partial charge in [-0.2, -0.15) is 0 Å². The Morgan fingerprint density at radius 2 is 1.89 bits per heavy atom. The Hall–Kier alpha value is -3.55. The molecule has 1 fully saturated rings. The van der Waals surface area contributed by atoms with E-state index in [9.17, 15) is 14.4 Å². The summed E-state index contributed by atoms with van der Waals surface area (Å²) in [6, 6.07) is 11.4. The first-order chi connectivity index (χ1) is 13.0. The molecule has 27 heavy (non-hydrogen) atoms. The fourth-order valence-electron chi connectivity index (χ4n) is 2.65. The summed E-state index contributed by atoms with van der Waals surface area (Å²) in [6.45, 7) is 1.11. The fourth-order valence-corrected chi connectivity index (χ4v) is 2.65. The molecule has 1 saturated heterocycles. The number of carbonyl (C=O) groups is 3. The molecule has 0 saturated carbocycles. The third kappa shape index (κ3) is 4.17. The van der Waals surface area contributed by atoms with Gasteiger partial charge in [0.25, 0.3) is 5.91 Å². The van der Waals surface area contributed by atoms with E-state index in [0.717, 1.165) is 0 Å². The van der Waals surface area contributed by atoms with Crippen LogP contribution < -0.4 is 15.8 Å². The zero-order valence-corrected chi connectivity index (χ0v) is 14.7. The number of carbonyl (C=O) groups excluding carboxylic acids is 3. The van der Waals surface area contributed by atoms with Gasteiger partial charge in [0.05, 0.1) is 13.1 Å². The van der Waals surface area contributed by atoms with Crippen LogP contribution in [0.4, 0.5) is 4.79 Å². The van der Waals surface area contributed by atoms with Gasteiger partial charge in [0.15, 0.2) is 0 Å². The van der Waals surface area contributed by atoms with Gasteiger partial charge >= 0.3 is 6.09 Å². The standard InChI is InChI=1S/C19H19N3O5/c1-21-18(24)12-4-6-15(7-5-12)27-16-10-13(17(20)23)2-3-14(16)11-22-8-9-26-19(22)25/h2-7,10H,8-9,11H2,1H3,(H2,20,23)(H,21,24). The number of cyclic esters (lactones) is 1. The Kier molecular flexibility index (Phi) is 5.25. The largest absolute Gasteiger partial charge is 0.457 e. The predicted octanol–water partition coefficient (Wildman–Crippen LogP) is 1.89. The molecule has 0 aliphatic carbocycles. The Bertz CT molecular complexity index is 879. The van der Waals surface area contributed by atoms with Crippen LogP contribution in [0.3, 0.4) is 0 Å². The smallest absolute Gasteiger partial charge is 0.410 e. The second-order valence-electron chi connectivity index (χ2n) is 5.93. The lowest BCUT2D eigenvalue weighted by molar-refractivity contribution is 0.0961. The zero-order chi connectivity index (χ0) is 19.4. The highest BCUT2D eigenvalue weighted by Crippen LogP contribution is 2.28. The van der Waals surface area contributed by atoms with Gasteiger partial charge in [-0.05, 0) is 36.4 Å². The number of primary amides is 1. The number of nitrogens with two attached hydrogens (primary N) is 1. The second-order valence-corrected chi connectivity index (χ2v) is 5.93. The van der Waals surface area contributed by atoms with Gasteiger partial charge in [0.2, 0.25) is 5.91 Å². The highest BCUT2D eigenvalue weighted by Gasteiger charge is 2.23. The second kappa shape index (κ2) is 7.77. The average Bonchev–Trinajstić information content (AvgIpc) is 3.07. The van der Waals surface area contributed by atoms with E-state index in [1.807, 2.05) is 0 Å². The number of hydrogen-bond acceptors (Lipinski definition) is 5. The van der Waals surface area contributed by atoms with Crippen LogP contribution in [-0.4, -0.2) is 43.0 Å². The van der Waals surface area contributed by atoms with E-state index in [2.05, 4.69) is 5.32 Å². The van der Waals surface area contributed by atoms with Crippen molar-refractivity contribution in [3.05, 3.63) is 59.2 Å². The van der Waals surface area contributed by atoms with Crippen molar-refractivity contribution in [2.75, 3.05) is 20.2 Å². The summed E-state index contributed by atoms with van der Waals surface area (Å²) >= 11 is 0. The van der Waals surface area contributed by atoms with Gasteiger partial charge < -0.3 is 25.4 Å². The van der Waals surface area contributed by atoms with Crippen LogP contribution in [0.5, 0.6) is 11.5 Å². The van der Waals surface area contributed by atoms with Crippen molar-refractivity contribution >= 4 is 17.9 Å². The Balaban J connectivity index is 1.87. The first-order valence-electron chi connectivity index (χ1n) is 8.32. The minimum atomic E-state index is -0.582. The molecule has 0 spiro atoms. The van der Waals surface area contributed by atoms with E-state index in [1.165, 1.54) is 6.07 Å². The van der Waals surface area contributed by atoms with Crippen LogP contribution in [0.1, 0.15) is 26.3 Å². The van der Waals surface area contributed by atoms with Crippen LogP contribution in [0.15, 0.2) is 42.5 Å². The summed E-state index contributed by atoms with van der Waals surface area (Å²) in [5.74, 6) is 0.0978. The van der Waals surface area contributed by atoms with Crippen molar-refractivity contribution in [1.82, 2.24) is 10.2 Å². The summed E-state index contributed by atoms with van der Waals surface area (Å²) in [7, 11) is 1.55. The number of nitrogens with zero attached hydrogens (tertiary/aromatic N) is 1. The molecule has 0 radical (unpaired) electrons. The first-order valence-corrected chi connectivity index (χ1v) is 8.32. The first kappa shape index (κ1) is 18.2. The third-order valence-corrected chi connectivity index (χ3v) is 4.13. The maximum Gasteiger partial charge on any atom is 0.410 e. The van der Waals surface area contributed by atoms with E-state index >= 15 is 0 Å². The molecule has 0 unspecified atom stereocenters. The predicted molar refractivity (Wildman–Crippen MR) is 96.6 cm³/mol. The minimum Gasteiger partial charge on any atom is -0.457 e. The minimum absolute atomic E-state index is 0.203. The van der Waals surface area contributed by atoms with E-state index in [0.29, 0.717) is 41.3 Å². The molecule has 3 rings (SSSR count). The number of hydrogen-bond donors (Lipinski definition) is 2. The lowest BCUT2D eigenvalue weighted by Gasteiger charge is -2.17. The molecule has 2 aromatic rings. The normalized spacial score (nSPS) is 13.2. The number of ether oxygens (including phenoxy) is 2. The number of benzene rings is 2. The SMILES string of the molecule is CNC(=O)c1ccc(Oc2cc(C(N)=O)ccc2CN2CCOC2=O)cc1. The van der Waals surface area contributed by atoms with E-state index in [4.69, 9.17) is 15.2 Å². The van der Waals surface area contributed by atoms with Crippen LogP contribution >= 0.6 is 0 Å². The molecule has 8 nitrogen and oxygen atoms in total. The highest BCUT2D eigenvalue weighted by molar-refractivity contribution is 5.94. The van der Waals surface area contributed by atoms with Gasteiger partial charge in [0.1, 0.15) is 18.1 Å². The summed E-state index contributed by atoms with van der Waals surface area (Å²) in [5.41, 5.74) is 6.85. The topological polar surface area (TPSA) is 111 Å². The van der Waals surface area contributed by atoms with Crippen molar-refractivity contribution in [3.63, 3.8) is 0 Å². The molecule has 2 aromatic carbocycles. The Labute approximate surface area is 155 Å². The van der Waals surface area contributed by atoms with Crippen molar-refractivity contribution in [2.24, 2.45) is 5.73 Å². The monoisotopic (exact) mass is 369 g/mol. The molecule has 3 amide bonds. The van der Waals surface area contributed by atoms with Crippen molar-refractivity contribution in [2.45, 2.75) is 6.54 Å². The lowest BCUT2D eigenvalue weighted by atomic mass is 10.1. The molecule has 1 aliphatic heterocycles. The van der Waals surface area contributed by atoms with Gasteiger partial charge in [-0.15, -0.1) is 0 Å². The van der Waals surface area contributed by atoms with E-state index in [1.54, 1.807) is 48.3 Å². The third-order valence-electron chi connectivity index (χ3n) is 4.13. The molecule has 0 bridgehead atoms. The number of amides is 3. The molecule has 3 N–H and O–H groups in total. The van der Waals surface area contributed by atoms with Crippen LogP contribution in [0, 0.1) is 0 Å². The summed E-state index contributed by atoms with van der Waals surface area (Å²) in [4.78, 5) is 36.4. The van der Waals surface area contributed by atoms with Gasteiger partial charge in [-0.25, -0.2) is 4.79 Å². The molecular weight excluding hydrogens is 350 g/mol. The maximum atomic E-state index is 11.7. The molecular formula is C19H19N3O5. The molecule has 1 aliphatic rings.